The van der Waals surface area contributed by atoms with E-state index >= 15 is 0 Å². The van der Waals surface area contributed by atoms with E-state index in [4.69, 9.17) is 4.74 Å². The zero-order valence-electron chi connectivity index (χ0n) is 13.5. The van der Waals surface area contributed by atoms with E-state index in [1.165, 1.54) is 8.61 Å². The molecule has 1 aromatic heterocycles. The van der Waals surface area contributed by atoms with Crippen LogP contribution < -0.4 is 5.32 Å². The highest BCUT2D eigenvalue weighted by Gasteiger charge is 2.51. The zero-order chi connectivity index (χ0) is 16.5. The number of nitrogens with one attached hydrogen (secondary N) is 1. The topological polar surface area (TPSA) is 87.7 Å². The van der Waals surface area contributed by atoms with Gasteiger partial charge in [0.1, 0.15) is 0 Å². The molecule has 1 aromatic rings. The second-order valence-corrected chi connectivity index (χ2v) is 8.55. The predicted molar refractivity (Wildman–Crippen MR) is 86.1 cm³/mol. The second kappa shape index (κ2) is 6.31. The summed E-state index contributed by atoms with van der Waals surface area (Å²) >= 11 is 0. The van der Waals surface area contributed by atoms with Gasteiger partial charge in [-0.1, -0.05) is 0 Å². The molecule has 9 heteroatoms. The maximum atomic E-state index is 12.0. The number of ether oxygens (including phenoxy) is 1. The molecule has 3 rings (SSSR count). The minimum atomic E-state index is -3.32. The van der Waals surface area contributed by atoms with Gasteiger partial charge in [0.05, 0.1) is 12.2 Å². The quantitative estimate of drug-likeness (QED) is 0.822. The Morgan fingerprint density at radius 3 is 2.65 bits per heavy atom. The molecule has 0 amide bonds. The van der Waals surface area contributed by atoms with Crippen molar-refractivity contribution in [2.45, 2.75) is 18.4 Å². The monoisotopic (exact) mass is 341 g/mol. The van der Waals surface area contributed by atoms with Gasteiger partial charge < -0.3 is 10.1 Å². The van der Waals surface area contributed by atoms with Crippen LogP contribution in [0.25, 0.3) is 0 Å². The smallest absolute Gasteiger partial charge is 0.281 e. The van der Waals surface area contributed by atoms with E-state index in [9.17, 15) is 8.42 Å². The van der Waals surface area contributed by atoms with E-state index < -0.39 is 10.2 Å². The molecule has 0 aromatic carbocycles. The maximum Gasteiger partial charge on any atom is 0.281 e. The van der Waals surface area contributed by atoms with E-state index in [0.717, 1.165) is 19.4 Å². The first-order chi connectivity index (χ1) is 10.9. The van der Waals surface area contributed by atoms with Gasteiger partial charge in [-0.3, -0.25) is 0 Å². The molecule has 2 aliphatic rings. The molecule has 1 atom stereocenters. The number of anilines is 1. The summed E-state index contributed by atoms with van der Waals surface area (Å²) in [6.45, 7) is 2.31. The molecule has 1 N–H and O–H groups in total. The SMILES string of the molecule is CN(C)S(=O)(=O)N1CC2(CC[C@H](CNc3ncccn3)CO2)C1. The number of rotatable bonds is 5. The summed E-state index contributed by atoms with van der Waals surface area (Å²) in [4.78, 5) is 8.26. The summed E-state index contributed by atoms with van der Waals surface area (Å²) in [5.74, 6) is 1.02. The lowest BCUT2D eigenvalue weighted by atomic mass is 9.84. The van der Waals surface area contributed by atoms with Crippen molar-refractivity contribution in [3.63, 3.8) is 0 Å². The summed E-state index contributed by atoms with van der Waals surface area (Å²) in [6.07, 6.45) is 5.30. The van der Waals surface area contributed by atoms with Gasteiger partial charge in [0.25, 0.3) is 10.2 Å². The van der Waals surface area contributed by atoms with Gasteiger partial charge in [-0.05, 0) is 24.8 Å². The van der Waals surface area contributed by atoms with Gasteiger partial charge in [-0.25, -0.2) is 9.97 Å². The van der Waals surface area contributed by atoms with Gasteiger partial charge >= 0.3 is 0 Å². The molecule has 2 fully saturated rings. The standard InChI is InChI=1S/C14H23N5O3S/c1-18(2)23(20,21)19-10-14(11-19)5-4-12(9-22-14)8-17-13-15-6-3-7-16-13/h3,6-7,12H,4-5,8-11H2,1-2H3,(H,15,16,17)/t12-/m1/s1. The fraction of sp³-hybridized carbons (Fsp3) is 0.714. The third-order valence-electron chi connectivity index (χ3n) is 4.46. The molecule has 2 saturated heterocycles. The van der Waals surface area contributed by atoms with Crippen molar-refractivity contribution in [3.05, 3.63) is 18.5 Å². The van der Waals surface area contributed by atoms with Crippen molar-refractivity contribution in [2.24, 2.45) is 5.92 Å². The Hall–Kier alpha value is -1.29. The van der Waals surface area contributed by atoms with Crippen molar-refractivity contribution in [3.8, 4) is 0 Å². The lowest BCUT2D eigenvalue weighted by Crippen LogP contribution is -2.67. The van der Waals surface area contributed by atoms with E-state index in [1.54, 1.807) is 32.6 Å². The number of aromatic nitrogens is 2. The number of hydrogen-bond acceptors (Lipinski definition) is 6. The Bertz CT molecular complexity index is 621. The van der Waals surface area contributed by atoms with Crippen LogP contribution in [0.5, 0.6) is 0 Å². The summed E-state index contributed by atoms with van der Waals surface area (Å²) in [5.41, 5.74) is -0.289. The molecular weight excluding hydrogens is 318 g/mol. The highest BCUT2D eigenvalue weighted by Crippen LogP contribution is 2.37. The molecular formula is C14H23N5O3S. The molecule has 0 saturated carbocycles. The van der Waals surface area contributed by atoms with Gasteiger partial charge in [-0.15, -0.1) is 0 Å². The van der Waals surface area contributed by atoms with Crippen LogP contribution in [0.4, 0.5) is 5.95 Å². The van der Waals surface area contributed by atoms with Crippen LogP contribution in [0.2, 0.25) is 0 Å². The first-order valence-corrected chi connectivity index (χ1v) is 9.13. The Balaban J connectivity index is 1.45. The molecule has 3 heterocycles. The predicted octanol–water partition coefficient (Wildman–Crippen LogP) is 0.176. The van der Waals surface area contributed by atoms with Crippen LogP contribution in [0, 0.1) is 5.92 Å². The minimum absolute atomic E-state index is 0.289. The van der Waals surface area contributed by atoms with E-state index in [-0.39, 0.29) is 5.60 Å². The number of nitrogens with zero attached hydrogens (tertiary/aromatic N) is 4. The number of hydrogen-bond donors (Lipinski definition) is 1. The average Bonchev–Trinajstić information content (AvgIpc) is 2.52. The highest BCUT2D eigenvalue weighted by atomic mass is 32.2. The molecule has 0 radical (unpaired) electrons. The van der Waals surface area contributed by atoms with Gasteiger partial charge in [0.15, 0.2) is 0 Å². The van der Waals surface area contributed by atoms with Crippen molar-refractivity contribution in [2.75, 3.05) is 45.7 Å². The van der Waals surface area contributed by atoms with Crippen molar-refractivity contribution < 1.29 is 13.2 Å². The van der Waals surface area contributed by atoms with Crippen LogP contribution in [-0.2, 0) is 14.9 Å². The summed E-state index contributed by atoms with van der Waals surface area (Å²) in [6, 6.07) is 1.78. The lowest BCUT2D eigenvalue weighted by Gasteiger charge is -2.52. The molecule has 0 unspecified atom stereocenters. The Morgan fingerprint density at radius 1 is 1.39 bits per heavy atom. The summed E-state index contributed by atoms with van der Waals surface area (Å²) in [7, 11) is -0.216. The fourth-order valence-electron chi connectivity index (χ4n) is 2.94. The Kier molecular flexibility index (Phi) is 4.54. The van der Waals surface area contributed by atoms with E-state index in [1.807, 2.05) is 0 Å². The highest BCUT2D eigenvalue weighted by molar-refractivity contribution is 7.86. The molecule has 1 spiro atoms. The minimum Gasteiger partial charge on any atom is -0.372 e. The average molecular weight is 341 g/mol. The molecule has 23 heavy (non-hydrogen) atoms. The van der Waals surface area contributed by atoms with E-state index in [0.29, 0.717) is 31.6 Å². The van der Waals surface area contributed by atoms with Crippen molar-refractivity contribution in [1.82, 2.24) is 18.6 Å². The van der Waals surface area contributed by atoms with Crippen LogP contribution in [-0.4, -0.2) is 72.9 Å². The third-order valence-corrected chi connectivity index (χ3v) is 6.30. The zero-order valence-corrected chi connectivity index (χ0v) is 14.3. The van der Waals surface area contributed by atoms with Crippen LogP contribution >= 0.6 is 0 Å². The van der Waals surface area contributed by atoms with Crippen LogP contribution in [0.1, 0.15) is 12.8 Å². The lowest BCUT2D eigenvalue weighted by molar-refractivity contribution is -0.156. The molecule has 128 valence electrons. The van der Waals surface area contributed by atoms with Crippen molar-refractivity contribution in [1.29, 1.82) is 0 Å². The first-order valence-electron chi connectivity index (χ1n) is 7.74. The summed E-state index contributed by atoms with van der Waals surface area (Å²) in [5, 5.41) is 3.21. The van der Waals surface area contributed by atoms with E-state index in [2.05, 4.69) is 15.3 Å². The van der Waals surface area contributed by atoms with Crippen LogP contribution in [0.3, 0.4) is 0 Å². The normalized spacial score (nSPS) is 24.6. The van der Waals surface area contributed by atoms with Gasteiger partial charge in [-0.2, -0.15) is 17.0 Å². The first kappa shape index (κ1) is 16.6. The van der Waals surface area contributed by atoms with Gasteiger partial charge in [0, 0.05) is 46.1 Å². The molecule has 0 aliphatic carbocycles. The Morgan fingerprint density at radius 2 is 2.09 bits per heavy atom. The molecule has 2 aliphatic heterocycles. The molecule has 0 bridgehead atoms. The maximum absolute atomic E-state index is 12.0. The van der Waals surface area contributed by atoms with Crippen molar-refractivity contribution >= 4 is 16.2 Å². The second-order valence-electron chi connectivity index (χ2n) is 6.41. The third kappa shape index (κ3) is 3.47. The Labute approximate surface area is 137 Å². The largest absolute Gasteiger partial charge is 0.372 e. The summed E-state index contributed by atoms with van der Waals surface area (Å²) < 4.78 is 32.8. The molecule has 8 nitrogen and oxygen atoms in total. The van der Waals surface area contributed by atoms with Gasteiger partial charge in [0.2, 0.25) is 5.95 Å². The van der Waals surface area contributed by atoms with Crippen LogP contribution in [0.15, 0.2) is 18.5 Å². The fourth-order valence-corrected chi connectivity index (χ4v) is 4.20.